The highest BCUT2D eigenvalue weighted by atomic mass is 35.5. The summed E-state index contributed by atoms with van der Waals surface area (Å²) in [6, 6.07) is 5.51. The Labute approximate surface area is 156 Å². The van der Waals surface area contributed by atoms with E-state index in [0.717, 1.165) is 45.0 Å². The van der Waals surface area contributed by atoms with Gasteiger partial charge in [-0.05, 0) is 18.6 Å². The van der Waals surface area contributed by atoms with Gasteiger partial charge < -0.3 is 20.2 Å². The summed E-state index contributed by atoms with van der Waals surface area (Å²) in [5.74, 6) is 2.21. The lowest BCUT2D eigenvalue weighted by atomic mass is 10.3. The molecule has 0 atom stereocenters. The molecule has 3 aromatic rings. The standard InChI is InChI=1S/C16H21N7O2.ClH/c17-16-19-13(22-7-5-21(6-8-22)4-2-9-24)11-14-18-15(20-23(14)16)12-3-1-10-25-12;/h1,3,10-11,24H,2,4-9H2,(H2,17,19);1H. The molecule has 10 heteroatoms. The summed E-state index contributed by atoms with van der Waals surface area (Å²) in [5.41, 5.74) is 6.73. The Morgan fingerprint density at radius 3 is 2.69 bits per heavy atom. The van der Waals surface area contributed by atoms with E-state index < -0.39 is 0 Å². The number of anilines is 2. The van der Waals surface area contributed by atoms with Crippen LogP contribution in [0.1, 0.15) is 6.42 Å². The van der Waals surface area contributed by atoms with E-state index in [1.54, 1.807) is 12.3 Å². The molecule has 4 rings (SSSR count). The molecule has 0 aliphatic carbocycles. The molecule has 140 valence electrons. The third-order valence-electron chi connectivity index (χ3n) is 4.41. The third kappa shape index (κ3) is 3.59. The lowest BCUT2D eigenvalue weighted by Crippen LogP contribution is -2.47. The number of hydrogen-bond acceptors (Lipinski definition) is 8. The van der Waals surface area contributed by atoms with Crippen molar-refractivity contribution < 1.29 is 9.52 Å². The van der Waals surface area contributed by atoms with Crippen molar-refractivity contribution in [2.24, 2.45) is 0 Å². The van der Waals surface area contributed by atoms with Crippen LogP contribution in [0.5, 0.6) is 0 Å². The predicted molar refractivity (Wildman–Crippen MR) is 101 cm³/mol. The number of aromatic nitrogens is 4. The summed E-state index contributed by atoms with van der Waals surface area (Å²) in [7, 11) is 0. The first-order valence-corrected chi connectivity index (χ1v) is 8.40. The minimum absolute atomic E-state index is 0. The minimum Gasteiger partial charge on any atom is -0.461 e. The average Bonchev–Trinajstić information content (AvgIpc) is 3.29. The molecular weight excluding hydrogens is 358 g/mol. The molecule has 0 saturated carbocycles. The third-order valence-corrected chi connectivity index (χ3v) is 4.41. The van der Waals surface area contributed by atoms with Crippen LogP contribution >= 0.6 is 12.4 Å². The fraction of sp³-hybridized carbons (Fsp3) is 0.438. The Kier molecular flexibility index (Phi) is 5.60. The molecule has 0 aromatic carbocycles. The van der Waals surface area contributed by atoms with Crippen LogP contribution in [0.4, 0.5) is 11.8 Å². The van der Waals surface area contributed by atoms with Crippen LogP contribution in [0.25, 0.3) is 17.2 Å². The van der Waals surface area contributed by atoms with Crippen LogP contribution in [-0.4, -0.2) is 68.9 Å². The van der Waals surface area contributed by atoms with Crippen LogP contribution < -0.4 is 10.6 Å². The molecular formula is C16H22ClN7O2. The van der Waals surface area contributed by atoms with Gasteiger partial charge in [-0.25, -0.2) is 4.98 Å². The summed E-state index contributed by atoms with van der Waals surface area (Å²) >= 11 is 0. The van der Waals surface area contributed by atoms with Gasteiger partial charge in [0.1, 0.15) is 5.82 Å². The zero-order chi connectivity index (χ0) is 17.2. The van der Waals surface area contributed by atoms with Crippen molar-refractivity contribution in [2.45, 2.75) is 6.42 Å². The number of nitrogens with zero attached hydrogens (tertiary/aromatic N) is 6. The van der Waals surface area contributed by atoms with E-state index in [0.29, 0.717) is 23.2 Å². The molecule has 0 unspecified atom stereocenters. The molecule has 1 fully saturated rings. The molecule has 3 N–H and O–H groups in total. The lowest BCUT2D eigenvalue weighted by Gasteiger charge is -2.35. The highest BCUT2D eigenvalue weighted by Crippen LogP contribution is 2.22. The van der Waals surface area contributed by atoms with E-state index in [9.17, 15) is 0 Å². The van der Waals surface area contributed by atoms with Gasteiger partial charge in [0.25, 0.3) is 0 Å². The molecule has 9 nitrogen and oxygen atoms in total. The van der Waals surface area contributed by atoms with Gasteiger partial charge in [0.05, 0.1) is 6.26 Å². The number of aliphatic hydroxyl groups excluding tert-OH is 1. The number of piperazine rings is 1. The molecule has 0 amide bonds. The van der Waals surface area contributed by atoms with Crippen LogP contribution in [-0.2, 0) is 0 Å². The second-order valence-corrected chi connectivity index (χ2v) is 6.06. The Balaban J connectivity index is 0.00000196. The van der Waals surface area contributed by atoms with Gasteiger partial charge >= 0.3 is 0 Å². The van der Waals surface area contributed by atoms with Crippen LogP contribution in [0.3, 0.4) is 0 Å². The maximum absolute atomic E-state index is 8.95. The maximum atomic E-state index is 8.95. The van der Waals surface area contributed by atoms with E-state index in [2.05, 4.69) is 24.9 Å². The molecule has 0 radical (unpaired) electrons. The van der Waals surface area contributed by atoms with Gasteiger partial charge in [-0.2, -0.15) is 9.50 Å². The number of hydrogen-bond donors (Lipinski definition) is 2. The fourth-order valence-corrected chi connectivity index (χ4v) is 3.07. The number of aliphatic hydroxyl groups is 1. The van der Waals surface area contributed by atoms with Crippen molar-refractivity contribution in [1.29, 1.82) is 0 Å². The van der Waals surface area contributed by atoms with Crippen molar-refractivity contribution >= 4 is 29.8 Å². The number of furan rings is 1. The zero-order valence-corrected chi connectivity index (χ0v) is 15.1. The molecule has 1 saturated heterocycles. The minimum atomic E-state index is 0. The van der Waals surface area contributed by atoms with Gasteiger partial charge in [0.15, 0.2) is 11.4 Å². The van der Waals surface area contributed by atoms with Gasteiger partial charge in [0, 0.05) is 45.4 Å². The Hall–Kier alpha value is -2.36. The van der Waals surface area contributed by atoms with Crippen LogP contribution in [0.15, 0.2) is 28.9 Å². The van der Waals surface area contributed by atoms with Crippen molar-refractivity contribution in [1.82, 2.24) is 24.5 Å². The van der Waals surface area contributed by atoms with Crippen molar-refractivity contribution in [3.05, 3.63) is 24.5 Å². The monoisotopic (exact) mass is 379 g/mol. The summed E-state index contributed by atoms with van der Waals surface area (Å²) in [4.78, 5) is 13.5. The molecule has 4 heterocycles. The zero-order valence-electron chi connectivity index (χ0n) is 14.3. The lowest BCUT2D eigenvalue weighted by molar-refractivity contribution is 0.215. The first-order chi connectivity index (χ1) is 12.2. The highest BCUT2D eigenvalue weighted by molar-refractivity contribution is 5.85. The number of fused-ring (bicyclic) bond motifs is 1. The fourth-order valence-electron chi connectivity index (χ4n) is 3.07. The summed E-state index contributed by atoms with van der Waals surface area (Å²) in [6.45, 7) is 4.78. The summed E-state index contributed by atoms with van der Waals surface area (Å²) in [5, 5.41) is 13.3. The largest absolute Gasteiger partial charge is 0.461 e. The topological polar surface area (TPSA) is 109 Å². The molecule has 1 aliphatic heterocycles. The molecule has 0 spiro atoms. The molecule has 26 heavy (non-hydrogen) atoms. The van der Waals surface area contributed by atoms with Gasteiger partial charge in [0.2, 0.25) is 11.8 Å². The first kappa shape index (κ1) is 18.4. The molecule has 3 aromatic heterocycles. The van der Waals surface area contributed by atoms with Crippen molar-refractivity contribution in [3.63, 3.8) is 0 Å². The molecule has 0 bridgehead atoms. The van der Waals surface area contributed by atoms with Gasteiger partial charge in [-0.1, -0.05) is 0 Å². The van der Waals surface area contributed by atoms with E-state index in [4.69, 9.17) is 15.3 Å². The summed E-state index contributed by atoms with van der Waals surface area (Å²) in [6.07, 6.45) is 2.40. The number of nitrogens with two attached hydrogens (primary N) is 1. The number of rotatable bonds is 5. The predicted octanol–water partition coefficient (Wildman–Crippen LogP) is 0.893. The Bertz CT molecular complexity index is 844. The van der Waals surface area contributed by atoms with Crippen LogP contribution in [0.2, 0.25) is 0 Å². The maximum Gasteiger partial charge on any atom is 0.225 e. The number of halogens is 1. The smallest absolute Gasteiger partial charge is 0.225 e. The quantitative estimate of drug-likeness (QED) is 0.672. The van der Waals surface area contributed by atoms with Gasteiger partial charge in [-0.15, -0.1) is 17.5 Å². The Morgan fingerprint density at radius 1 is 1.19 bits per heavy atom. The normalized spacial score (nSPS) is 15.3. The van der Waals surface area contributed by atoms with E-state index >= 15 is 0 Å². The van der Waals surface area contributed by atoms with E-state index in [1.807, 2.05) is 12.1 Å². The van der Waals surface area contributed by atoms with E-state index in [1.165, 1.54) is 4.52 Å². The molecule has 1 aliphatic rings. The van der Waals surface area contributed by atoms with Crippen molar-refractivity contribution in [3.8, 4) is 11.6 Å². The first-order valence-electron chi connectivity index (χ1n) is 8.40. The summed E-state index contributed by atoms with van der Waals surface area (Å²) < 4.78 is 6.87. The second kappa shape index (κ2) is 7.90. The van der Waals surface area contributed by atoms with Crippen LogP contribution in [0, 0.1) is 0 Å². The van der Waals surface area contributed by atoms with Crippen molar-refractivity contribution in [2.75, 3.05) is 50.0 Å². The van der Waals surface area contributed by atoms with Gasteiger partial charge in [-0.3, -0.25) is 4.90 Å². The number of nitrogen functional groups attached to an aromatic ring is 1. The highest BCUT2D eigenvalue weighted by Gasteiger charge is 2.20. The SMILES string of the molecule is Cl.Nc1nc(N2CCN(CCCO)CC2)cc2nc(-c3ccco3)nn12. The Morgan fingerprint density at radius 2 is 2.00 bits per heavy atom. The second-order valence-electron chi connectivity index (χ2n) is 6.06. The average molecular weight is 380 g/mol. The van der Waals surface area contributed by atoms with E-state index in [-0.39, 0.29) is 19.0 Å².